The Morgan fingerprint density at radius 2 is 1.10 bits per heavy atom. The fourth-order valence-corrected chi connectivity index (χ4v) is 10.5. The summed E-state index contributed by atoms with van der Waals surface area (Å²) in [6.07, 6.45) is 6.86. The van der Waals surface area contributed by atoms with Gasteiger partial charge in [-0.3, -0.25) is 0 Å². The Balaban J connectivity index is 1.20. The molecule has 10 aromatic rings. The highest BCUT2D eigenvalue weighted by Crippen LogP contribution is 2.55. The molecule has 0 radical (unpaired) electrons. The molecule has 60 heavy (non-hydrogen) atoms. The molecule has 0 atom stereocenters. The molecule has 3 nitrogen and oxygen atoms in total. The molecule has 0 spiro atoms. The predicted molar refractivity (Wildman–Crippen MR) is 252 cm³/mol. The summed E-state index contributed by atoms with van der Waals surface area (Å²) in [5, 5.41) is 4.66. The van der Waals surface area contributed by atoms with Gasteiger partial charge in [0.1, 0.15) is 11.2 Å². The molecule has 2 heterocycles. The Bertz CT molecular complexity index is 3410. The van der Waals surface area contributed by atoms with E-state index < -0.39 is 0 Å². The summed E-state index contributed by atoms with van der Waals surface area (Å²) < 4.78 is 8.90. The molecule has 12 rings (SSSR count). The second-order valence-electron chi connectivity index (χ2n) is 16.7. The average Bonchev–Trinajstić information content (AvgIpc) is 3.93. The van der Waals surface area contributed by atoms with Crippen LogP contribution in [0.25, 0.3) is 77.3 Å². The monoisotopic (exact) mass is 770 g/mol. The van der Waals surface area contributed by atoms with Crippen molar-refractivity contribution in [3.05, 3.63) is 211 Å². The second kappa shape index (κ2) is 13.3. The highest BCUT2D eigenvalue weighted by atomic mass is 16.3. The van der Waals surface area contributed by atoms with Gasteiger partial charge in [0.25, 0.3) is 0 Å². The topological polar surface area (TPSA) is 21.3 Å². The van der Waals surface area contributed by atoms with Crippen LogP contribution in [0.1, 0.15) is 37.8 Å². The summed E-state index contributed by atoms with van der Waals surface area (Å²) in [6, 6.07) is 66.3. The zero-order valence-electron chi connectivity index (χ0n) is 33.7. The molecule has 0 fully saturated rings. The molecule has 286 valence electrons. The maximum absolute atomic E-state index is 6.49. The Morgan fingerprint density at radius 1 is 0.500 bits per heavy atom. The molecule has 2 aromatic heterocycles. The van der Waals surface area contributed by atoms with Gasteiger partial charge in [0, 0.05) is 43.8 Å². The van der Waals surface area contributed by atoms with Crippen LogP contribution in [0.2, 0.25) is 0 Å². The van der Waals surface area contributed by atoms with Crippen LogP contribution in [-0.2, 0) is 5.41 Å². The summed E-state index contributed by atoms with van der Waals surface area (Å²) in [5.74, 6) is 0. The van der Waals surface area contributed by atoms with Crippen molar-refractivity contribution >= 4 is 66.4 Å². The molecule has 2 aliphatic rings. The third-order valence-electron chi connectivity index (χ3n) is 13.1. The number of hydrogen-bond donors (Lipinski definition) is 0. The van der Waals surface area contributed by atoms with Gasteiger partial charge >= 0.3 is 0 Å². The second-order valence-corrected chi connectivity index (χ2v) is 16.7. The zero-order valence-corrected chi connectivity index (χ0v) is 33.7. The van der Waals surface area contributed by atoms with Gasteiger partial charge in [-0.15, -0.1) is 0 Å². The van der Waals surface area contributed by atoms with E-state index >= 15 is 0 Å². The number of benzene rings is 8. The lowest BCUT2D eigenvalue weighted by atomic mass is 9.80. The minimum absolute atomic E-state index is 0.0737. The van der Waals surface area contributed by atoms with Gasteiger partial charge in [-0.25, -0.2) is 0 Å². The summed E-state index contributed by atoms with van der Waals surface area (Å²) in [4.78, 5) is 2.55. The standard InChI is InChI=1S/C57H42N2O/c1-57(2)45-28-11-6-23-42(45)54-40(26-16-29-46(54)57)38-21-7-12-30-47(38)59(48-31-13-8-22-39(48)41-27-17-36-53-55(41)44-25-10-15-35-52(44)60-53)51-34-18-33-50-56(51)43-24-9-14-32-49(43)58(50)37-19-4-3-5-20-37/h3-5,7-22,24-36H,6,23H2,1-2H3. The average molecular weight is 771 g/mol. The van der Waals surface area contributed by atoms with E-state index in [1.807, 2.05) is 6.07 Å². The van der Waals surface area contributed by atoms with Crippen molar-refractivity contribution in [2.24, 2.45) is 0 Å². The first-order valence-corrected chi connectivity index (χ1v) is 21.1. The minimum atomic E-state index is -0.0737. The molecule has 0 aliphatic heterocycles. The summed E-state index contributed by atoms with van der Waals surface area (Å²) in [5.41, 5.74) is 19.0. The highest BCUT2D eigenvalue weighted by Gasteiger charge is 2.39. The van der Waals surface area contributed by atoms with Gasteiger partial charge in [-0.2, -0.15) is 0 Å². The smallest absolute Gasteiger partial charge is 0.136 e. The van der Waals surface area contributed by atoms with Crippen LogP contribution in [0.3, 0.4) is 0 Å². The largest absolute Gasteiger partial charge is 0.456 e. The number of furan rings is 1. The third-order valence-corrected chi connectivity index (χ3v) is 13.1. The molecule has 0 unspecified atom stereocenters. The van der Waals surface area contributed by atoms with Crippen LogP contribution >= 0.6 is 0 Å². The number of fused-ring (bicyclic) bond motifs is 8. The number of rotatable bonds is 6. The summed E-state index contributed by atoms with van der Waals surface area (Å²) >= 11 is 0. The Kier molecular flexibility index (Phi) is 7.71. The number of hydrogen-bond acceptors (Lipinski definition) is 2. The van der Waals surface area contributed by atoms with Crippen LogP contribution in [0.15, 0.2) is 204 Å². The first kappa shape index (κ1) is 34.7. The maximum atomic E-state index is 6.49. The van der Waals surface area contributed by atoms with Gasteiger partial charge in [-0.1, -0.05) is 153 Å². The first-order chi connectivity index (χ1) is 29.6. The molecule has 8 aromatic carbocycles. The van der Waals surface area contributed by atoms with Gasteiger partial charge in [-0.05, 0) is 101 Å². The van der Waals surface area contributed by atoms with Crippen molar-refractivity contribution in [1.82, 2.24) is 4.57 Å². The van der Waals surface area contributed by atoms with Gasteiger partial charge < -0.3 is 13.9 Å². The molecular weight excluding hydrogens is 729 g/mol. The lowest BCUT2D eigenvalue weighted by molar-refractivity contribution is 0.651. The van der Waals surface area contributed by atoms with Crippen molar-refractivity contribution in [2.75, 3.05) is 4.90 Å². The molecule has 0 amide bonds. The van der Waals surface area contributed by atoms with Crippen LogP contribution in [0, 0.1) is 0 Å². The quantitative estimate of drug-likeness (QED) is 0.168. The van der Waals surface area contributed by atoms with Gasteiger partial charge in [0.2, 0.25) is 0 Å². The molecule has 0 N–H and O–H groups in total. The lowest BCUT2D eigenvalue weighted by Gasteiger charge is -2.31. The Hall–Kier alpha value is -7.36. The molecule has 0 saturated carbocycles. The lowest BCUT2D eigenvalue weighted by Crippen LogP contribution is -2.16. The van der Waals surface area contributed by atoms with Crippen molar-refractivity contribution in [3.8, 4) is 27.9 Å². The first-order valence-electron chi connectivity index (χ1n) is 21.1. The molecular formula is C57H42N2O. The van der Waals surface area contributed by atoms with E-state index in [4.69, 9.17) is 4.42 Å². The number of nitrogens with zero attached hydrogens (tertiary/aromatic N) is 2. The minimum Gasteiger partial charge on any atom is -0.456 e. The normalized spacial score (nSPS) is 14.4. The summed E-state index contributed by atoms with van der Waals surface area (Å²) in [7, 11) is 0. The SMILES string of the molecule is CC1(C)C2=C(CCC=C2)c2c(-c3ccccc3N(c3ccccc3-c3cccc4oc5ccccc5c34)c3cccc4c3c3ccccc3n4-c3ccccc3)cccc21. The van der Waals surface area contributed by atoms with E-state index in [1.165, 1.54) is 49.7 Å². The van der Waals surface area contributed by atoms with Crippen molar-refractivity contribution in [2.45, 2.75) is 32.1 Å². The molecule has 2 aliphatic carbocycles. The van der Waals surface area contributed by atoms with Gasteiger partial charge in [0.15, 0.2) is 0 Å². The fourth-order valence-electron chi connectivity index (χ4n) is 10.5. The Labute approximate surface area is 349 Å². The number of anilines is 3. The predicted octanol–water partition coefficient (Wildman–Crippen LogP) is 15.9. The van der Waals surface area contributed by atoms with Crippen molar-refractivity contribution in [3.63, 3.8) is 0 Å². The molecule has 3 heteroatoms. The van der Waals surface area contributed by atoms with E-state index in [9.17, 15) is 0 Å². The van der Waals surface area contributed by atoms with Crippen LogP contribution < -0.4 is 4.90 Å². The van der Waals surface area contributed by atoms with Crippen molar-refractivity contribution < 1.29 is 4.42 Å². The van der Waals surface area contributed by atoms with Crippen molar-refractivity contribution in [1.29, 1.82) is 0 Å². The van der Waals surface area contributed by atoms with Crippen LogP contribution in [-0.4, -0.2) is 4.57 Å². The third kappa shape index (κ3) is 5.02. The zero-order chi connectivity index (χ0) is 40.0. The van der Waals surface area contributed by atoms with Crippen LogP contribution in [0.5, 0.6) is 0 Å². The number of allylic oxidation sites excluding steroid dienone is 4. The maximum Gasteiger partial charge on any atom is 0.136 e. The highest BCUT2D eigenvalue weighted by molar-refractivity contribution is 6.19. The van der Waals surface area contributed by atoms with E-state index in [0.717, 1.165) is 74.2 Å². The molecule has 0 saturated heterocycles. The molecule has 0 bridgehead atoms. The number of aromatic nitrogens is 1. The van der Waals surface area contributed by atoms with Crippen LogP contribution in [0.4, 0.5) is 17.1 Å². The van der Waals surface area contributed by atoms with Gasteiger partial charge in [0.05, 0.1) is 28.1 Å². The fraction of sp³-hybridized carbons (Fsp3) is 0.0877. The van der Waals surface area contributed by atoms with E-state index in [-0.39, 0.29) is 5.41 Å². The van der Waals surface area contributed by atoms with E-state index in [1.54, 1.807) is 0 Å². The Morgan fingerprint density at radius 3 is 1.93 bits per heavy atom. The van der Waals surface area contributed by atoms with E-state index in [0.29, 0.717) is 0 Å². The summed E-state index contributed by atoms with van der Waals surface area (Å²) in [6.45, 7) is 4.79. The number of para-hydroxylation sites is 5. The van der Waals surface area contributed by atoms with E-state index in [2.05, 4.69) is 211 Å².